The van der Waals surface area contributed by atoms with Crippen LogP contribution in [-0.4, -0.2) is 42.6 Å². The standard InChI is InChI=1S/C14H20ClN3O2/c1-14(2)9-20-6-5-18(14)8-13(19)17-12-4-3-10(16)7-11(12)15/h3-4,7H,5-6,8-9,16H2,1-2H3,(H,17,19). The molecule has 0 aliphatic carbocycles. The molecular weight excluding hydrogens is 278 g/mol. The summed E-state index contributed by atoms with van der Waals surface area (Å²) in [6, 6.07) is 5.04. The van der Waals surface area contributed by atoms with E-state index in [-0.39, 0.29) is 11.4 Å². The fourth-order valence-electron chi connectivity index (χ4n) is 2.18. The molecular formula is C14H20ClN3O2. The van der Waals surface area contributed by atoms with Gasteiger partial charge in [-0.3, -0.25) is 9.69 Å². The van der Waals surface area contributed by atoms with E-state index in [1.54, 1.807) is 18.2 Å². The molecule has 1 heterocycles. The molecule has 3 N–H and O–H groups in total. The van der Waals surface area contributed by atoms with Crippen molar-refractivity contribution < 1.29 is 9.53 Å². The van der Waals surface area contributed by atoms with Gasteiger partial charge >= 0.3 is 0 Å². The predicted molar refractivity (Wildman–Crippen MR) is 81.0 cm³/mol. The number of anilines is 2. The van der Waals surface area contributed by atoms with Gasteiger partial charge in [-0.05, 0) is 32.0 Å². The number of halogens is 1. The maximum Gasteiger partial charge on any atom is 0.238 e. The number of morpholine rings is 1. The third-order valence-corrected chi connectivity index (χ3v) is 3.73. The van der Waals surface area contributed by atoms with Gasteiger partial charge in [0.15, 0.2) is 0 Å². The molecule has 110 valence electrons. The number of nitrogens with two attached hydrogens (primary N) is 1. The van der Waals surface area contributed by atoms with Crippen molar-refractivity contribution in [2.45, 2.75) is 19.4 Å². The van der Waals surface area contributed by atoms with Gasteiger partial charge in [0, 0.05) is 17.8 Å². The second kappa shape index (κ2) is 5.99. The van der Waals surface area contributed by atoms with Crippen LogP contribution in [0.15, 0.2) is 18.2 Å². The van der Waals surface area contributed by atoms with Crippen molar-refractivity contribution in [3.63, 3.8) is 0 Å². The van der Waals surface area contributed by atoms with Crippen LogP contribution in [0.3, 0.4) is 0 Å². The third kappa shape index (κ3) is 3.62. The summed E-state index contributed by atoms with van der Waals surface area (Å²) < 4.78 is 5.44. The van der Waals surface area contributed by atoms with E-state index in [2.05, 4.69) is 24.1 Å². The Kier molecular flexibility index (Phi) is 4.52. The van der Waals surface area contributed by atoms with Crippen LogP contribution >= 0.6 is 11.6 Å². The van der Waals surface area contributed by atoms with Gasteiger partial charge in [-0.2, -0.15) is 0 Å². The van der Waals surface area contributed by atoms with Crippen LogP contribution in [0.2, 0.25) is 5.02 Å². The zero-order valence-corrected chi connectivity index (χ0v) is 12.5. The van der Waals surface area contributed by atoms with Crippen LogP contribution in [0.4, 0.5) is 11.4 Å². The van der Waals surface area contributed by atoms with E-state index in [0.717, 1.165) is 6.54 Å². The van der Waals surface area contributed by atoms with Crippen molar-refractivity contribution in [3.8, 4) is 0 Å². The average molecular weight is 298 g/mol. The van der Waals surface area contributed by atoms with Crippen molar-refractivity contribution in [1.29, 1.82) is 0 Å². The molecule has 0 bridgehead atoms. The number of ether oxygens (including phenoxy) is 1. The summed E-state index contributed by atoms with van der Waals surface area (Å²) in [5.41, 5.74) is 6.64. The maximum absolute atomic E-state index is 12.1. The number of nitrogens with zero attached hydrogens (tertiary/aromatic N) is 1. The second-order valence-electron chi connectivity index (χ2n) is 5.57. The van der Waals surface area contributed by atoms with Crippen LogP contribution in [-0.2, 0) is 9.53 Å². The lowest BCUT2D eigenvalue weighted by atomic mass is 10.0. The Hall–Kier alpha value is -1.30. The number of nitrogens with one attached hydrogen (secondary N) is 1. The topological polar surface area (TPSA) is 67.6 Å². The Balaban J connectivity index is 1.98. The molecule has 5 nitrogen and oxygen atoms in total. The molecule has 1 aromatic rings. The third-order valence-electron chi connectivity index (χ3n) is 3.42. The summed E-state index contributed by atoms with van der Waals surface area (Å²) >= 11 is 6.04. The Morgan fingerprint density at radius 1 is 1.55 bits per heavy atom. The normalized spacial score (nSPS) is 18.8. The largest absolute Gasteiger partial charge is 0.399 e. The van der Waals surface area contributed by atoms with Crippen molar-refractivity contribution >= 4 is 28.9 Å². The summed E-state index contributed by atoms with van der Waals surface area (Å²) in [6.07, 6.45) is 0. The highest BCUT2D eigenvalue weighted by Gasteiger charge is 2.31. The molecule has 6 heteroatoms. The Bertz CT molecular complexity index is 505. The first kappa shape index (κ1) is 15.1. The first-order valence-electron chi connectivity index (χ1n) is 6.56. The van der Waals surface area contributed by atoms with E-state index in [9.17, 15) is 4.79 Å². The molecule has 1 aliphatic rings. The highest BCUT2D eigenvalue weighted by Crippen LogP contribution is 2.24. The number of carbonyl (C=O) groups excluding carboxylic acids is 1. The van der Waals surface area contributed by atoms with E-state index >= 15 is 0 Å². The Morgan fingerprint density at radius 3 is 2.95 bits per heavy atom. The number of benzene rings is 1. The molecule has 1 fully saturated rings. The van der Waals surface area contributed by atoms with Crippen molar-refractivity contribution in [2.75, 3.05) is 37.4 Å². The fraction of sp³-hybridized carbons (Fsp3) is 0.500. The van der Waals surface area contributed by atoms with Crippen LogP contribution in [0, 0.1) is 0 Å². The smallest absolute Gasteiger partial charge is 0.238 e. The first-order valence-corrected chi connectivity index (χ1v) is 6.94. The second-order valence-corrected chi connectivity index (χ2v) is 5.98. The Morgan fingerprint density at radius 2 is 2.30 bits per heavy atom. The fourth-order valence-corrected chi connectivity index (χ4v) is 2.42. The molecule has 1 saturated heterocycles. The van der Waals surface area contributed by atoms with Gasteiger partial charge in [0.25, 0.3) is 0 Å². The maximum atomic E-state index is 12.1. The van der Waals surface area contributed by atoms with E-state index in [1.807, 2.05) is 0 Å². The molecule has 0 radical (unpaired) electrons. The van der Waals surface area contributed by atoms with Gasteiger partial charge in [0.2, 0.25) is 5.91 Å². The number of hydrogen-bond donors (Lipinski definition) is 2. The average Bonchev–Trinajstić information content (AvgIpc) is 2.35. The highest BCUT2D eigenvalue weighted by molar-refractivity contribution is 6.34. The minimum atomic E-state index is -0.138. The quantitative estimate of drug-likeness (QED) is 0.837. The van der Waals surface area contributed by atoms with Crippen molar-refractivity contribution in [2.24, 2.45) is 0 Å². The van der Waals surface area contributed by atoms with E-state index in [0.29, 0.717) is 36.2 Å². The van der Waals surface area contributed by atoms with Gasteiger partial charge < -0.3 is 15.8 Å². The zero-order chi connectivity index (χ0) is 14.8. The molecule has 0 aromatic heterocycles. The van der Waals surface area contributed by atoms with E-state index in [4.69, 9.17) is 22.1 Å². The van der Waals surface area contributed by atoms with Gasteiger partial charge in [-0.15, -0.1) is 0 Å². The Labute approximate surface area is 124 Å². The number of amides is 1. The number of rotatable bonds is 3. The minimum absolute atomic E-state index is 0.0911. The molecule has 0 saturated carbocycles. The van der Waals surface area contributed by atoms with Gasteiger partial charge in [0.1, 0.15) is 0 Å². The van der Waals surface area contributed by atoms with Crippen LogP contribution in [0.5, 0.6) is 0 Å². The number of hydrogen-bond acceptors (Lipinski definition) is 4. The molecule has 0 spiro atoms. The van der Waals surface area contributed by atoms with E-state index in [1.165, 1.54) is 0 Å². The lowest BCUT2D eigenvalue weighted by Crippen LogP contribution is -2.55. The SMILES string of the molecule is CC1(C)COCCN1CC(=O)Nc1ccc(N)cc1Cl. The molecule has 2 rings (SSSR count). The summed E-state index contributed by atoms with van der Waals surface area (Å²) in [6.45, 7) is 6.47. The van der Waals surface area contributed by atoms with Crippen LogP contribution in [0.25, 0.3) is 0 Å². The summed E-state index contributed by atoms with van der Waals surface area (Å²) in [7, 11) is 0. The summed E-state index contributed by atoms with van der Waals surface area (Å²) in [5.74, 6) is -0.0911. The first-order chi connectivity index (χ1) is 9.38. The summed E-state index contributed by atoms with van der Waals surface area (Å²) in [4.78, 5) is 14.2. The monoisotopic (exact) mass is 297 g/mol. The molecule has 1 amide bonds. The predicted octanol–water partition coefficient (Wildman–Crippen LogP) is 1.97. The minimum Gasteiger partial charge on any atom is -0.399 e. The molecule has 20 heavy (non-hydrogen) atoms. The van der Waals surface area contributed by atoms with Gasteiger partial charge in [0.05, 0.1) is 30.5 Å². The van der Waals surface area contributed by atoms with Gasteiger partial charge in [-0.25, -0.2) is 0 Å². The van der Waals surface area contributed by atoms with Crippen molar-refractivity contribution in [3.05, 3.63) is 23.2 Å². The van der Waals surface area contributed by atoms with Crippen LogP contribution < -0.4 is 11.1 Å². The molecule has 1 aliphatic heterocycles. The molecule has 1 aromatic carbocycles. The number of nitrogen functional groups attached to an aromatic ring is 1. The highest BCUT2D eigenvalue weighted by atomic mass is 35.5. The lowest BCUT2D eigenvalue weighted by Gasteiger charge is -2.41. The summed E-state index contributed by atoms with van der Waals surface area (Å²) in [5, 5.41) is 3.26. The van der Waals surface area contributed by atoms with Gasteiger partial charge in [-0.1, -0.05) is 11.6 Å². The lowest BCUT2D eigenvalue weighted by molar-refractivity contribution is -0.122. The number of carbonyl (C=O) groups is 1. The molecule has 0 unspecified atom stereocenters. The van der Waals surface area contributed by atoms with Crippen LogP contribution in [0.1, 0.15) is 13.8 Å². The molecule has 0 atom stereocenters. The zero-order valence-electron chi connectivity index (χ0n) is 11.8. The van der Waals surface area contributed by atoms with Crippen molar-refractivity contribution in [1.82, 2.24) is 4.90 Å². The van der Waals surface area contributed by atoms with E-state index < -0.39 is 0 Å².